The number of primary amides is 1. The first-order chi connectivity index (χ1) is 19.3. The van der Waals surface area contributed by atoms with Crippen molar-refractivity contribution >= 4 is 29.0 Å². The minimum atomic E-state index is -3.04. The molecule has 5 N–H and O–H groups in total. The molecular weight excluding hydrogens is 536 g/mol. The third-order valence-electron chi connectivity index (χ3n) is 9.15. The van der Waals surface area contributed by atoms with Crippen LogP contribution in [0.3, 0.4) is 0 Å². The first-order valence-corrected chi connectivity index (χ1v) is 13.1. The molecule has 2 aromatic carbocycles. The van der Waals surface area contributed by atoms with Crippen LogP contribution in [-0.4, -0.2) is 87.9 Å². The molecule has 2 aromatic rings. The number of aliphatic hydroxyl groups excluding tert-OH is 1. The van der Waals surface area contributed by atoms with Gasteiger partial charge in [0.15, 0.2) is 46.2 Å². The number of nitrogens with two attached hydrogens (primary N) is 1. The van der Waals surface area contributed by atoms with Gasteiger partial charge in [-0.15, -0.1) is 0 Å². The highest BCUT2D eigenvalue weighted by atomic mass is 16.7. The van der Waals surface area contributed by atoms with Crippen LogP contribution in [0.15, 0.2) is 30.3 Å². The molecule has 41 heavy (non-hydrogen) atoms. The molecule has 214 valence electrons. The number of phenols is 1. The fraction of sp³-hybridized carbons (Fsp3) is 0.414. The Morgan fingerprint density at radius 2 is 1.73 bits per heavy atom. The number of rotatable bonds is 3. The van der Waals surface area contributed by atoms with Crippen LogP contribution in [0.25, 0.3) is 11.1 Å². The topological polar surface area (TPSA) is 194 Å². The average molecular weight is 565 g/mol. The van der Waals surface area contributed by atoms with E-state index in [1.807, 2.05) is 0 Å². The predicted octanol–water partition coefficient (Wildman–Crippen LogP) is -0.205. The molecule has 2 saturated carbocycles. The summed E-state index contributed by atoms with van der Waals surface area (Å²) in [5.74, 6) is -12.8. The lowest BCUT2D eigenvalue weighted by Gasteiger charge is -2.56. The molecule has 1 aliphatic heterocycles. The summed E-state index contributed by atoms with van der Waals surface area (Å²) in [7, 11) is 2.89. The summed E-state index contributed by atoms with van der Waals surface area (Å²) >= 11 is 0. The zero-order valence-corrected chi connectivity index (χ0v) is 22.4. The van der Waals surface area contributed by atoms with E-state index in [4.69, 9.17) is 15.2 Å². The van der Waals surface area contributed by atoms with E-state index in [0.29, 0.717) is 28.2 Å². The van der Waals surface area contributed by atoms with Crippen LogP contribution < -0.4 is 15.2 Å². The van der Waals surface area contributed by atoms with Gasteiger partial charge in [-0.1, -0.05) is 19.1 Å². The summed E-state index contributed by atoms with van der Waals surface area (Å²) < 4.78 is 10.9. The van der Waals surface area contributed by atoms with E-state index >= 15 is 0 Å². The predicted molar refractivity (Wildman–Crippen MR) is 139 cm³/mol. The standard InChI is InChI=1S/C29H28N2O10/c1-10-16-12(11-4-7-14-15(8-11)41-9-40-14)5-6-13(32)18(16)23(33)19-17(10)24(34)21-22(31(2)3)25(35)20(28(30)38)27(37)29(21,39)26(19)36/h4-8,10,17,19-22,24,32,34,39H,9H2,1-3H3,(H2,30,38)/t10-,17+,19?,20?,21+,22-,24-,29-/m0/s1. The van der Waals surface area contributed by atoms with Gasteiger partial charge in [0.1, 0.15) is 5.75 Å². The first kappa shape index (κ1) is 27.1. The summed E-state index contributed by atoms with van der Waals surface area (Å²) in [5, 5.41) is 34.4. The van der Waals surface area contributed by atoms with Gasteiger partial charge in [0.25, 0.3) is 0 Å². The minimum Gasteiger partial charge on any atom is -0.507 e. The summed E-state index contributed by atoms with van der Waals surface area (Å²) in [6.45, 7) is 1.72. The molecule has 12 heteroatoms. The second kappa shape index (κ2) is 8.93. The Labute approximate surface area is 233 Å². The number of hydrogen-bond acceptors (Lipinski definition) is 11. The van der Waals surface area contributed by atoms with Gasteiger partial charge in [0.05, 0.1) is 29.5 Å². The number of benzene rings is 2. The summed E-state index contributed by atoms with van der Waals surface area (Å²) in [4.78, 5) is 68.4. The number of Topliss-reactive ketones (excluding diaryl/α,β-unsaturated/α-hetero) is 4. The fourth-order valence-electron chi connectivity index (χ4n) is 7.38. The number of amides is 1. The third kappa shape index (κ3) is 3.41. The smallest absolute Gasteiger partial charge is 0.235 e. The lowest BCUT2D eigenvalue weighted by Crippen LogP contribution is -2.77. The molecule has 0 bridgehead atoms. The SMILES string of the molecule is C[C@H]1c2c(-c3ccc4c(c3)OCO4)ccc(O)c2C(=O)C2C(=O)[C@]3(O)C(=O)C(C(N)=O)C(=O)[C@@H](N(C)C)[C@@H]3[C@@H](O)[C@@H]21. The van der Waals surface area contributed by atoms with Crippen LogP contribution in [0, 0.1) is 23.7 Å². The van der Waals surface area contributed by atoms with E-state index < -0.39 is 82.1 Å². The van der Waals surface area contributed by atoms with E-state index in [0.717, 1.165) is 0 Å². The zero-order valence-electron chi connectivity index (χ0n) is 22.4. The molecule has 2 fully saturated rings. The number of phenolic OH excluding ortho intramolecular Hbond substituents is 1. The Morgan fingerprint density at radius 3 is 2.39 bits per heavy atom. The Kier molecular flexibility index (Phi) is 5.90. The molecule has 0 saturated heterocycles. The van der Waals surface area contributed by atoms with Gasteiger partial charge >= 0.3 is 0 Å². The molecule has 0 radical (unpaired) electrons. The normalized spacial score (nSPS) is 33.9. The van der Waals surface area contributed by atoms with E-state index in [9.17, 15) is 39.3 Å². The highest BCUT2D eigenvalue weighted by Gasteiger charge is 2.73. The van der Waals surface area contributed by atoms with Crippen LogP contribution in [0.2, 0.25) is 0 Å². The molecule has 4 aliphatic rings. The summed E-state index contributed by atoms with van der Waals surface area (Å²) in [6.07, 6.45) is -1.71. The Morgan fingerprint density at radius 1 is 1.05 bits per heavy atom. The van der Waals surface area contributed by atoms with Crippen molar-refractivity contribution in [3.63, 3.8) is 0 Å². The maximum absolute atomic E-state index is 14.1. The quantitative estimate of drug-likeness (QED) is 0.361. The van der Waals surface area contributed by atoms with Crippen molar-refractivity contribution in [2.45, 2.75) is 30.6 Å². The lowest BCUT2D eigenvalue weighted by atomic mass is 9.49. The van der Waals surface area contributed by atoms with Gasteiger partial charge in [-0.05, 0) is 54.9 Å². The largest absolute Gasteiger partial charge is 0.507 e. The van der Waals surface area contributed by atoms with Crippen molar-refractivity contribution < 1.29 is 48.8 Å². The number of nitrogens with zero attached hydrogens (tertiary/aromatic N) is 1. The third-order valence-corrected chi connectivity index (χ3v) is 9.15. The molecule has 2 unspecified atom stereocenters. The average Bonchev–Trinajstić information content (AvgIpc) is 3.38. The number of ketones is 4. The van der Waals surface area contributed by atoms with Crippen molar-refractivity contribution in [2.24, 2.45) is 29.4 Å². The van der Waals surface area contributed by atoms with Crippen molar-refractivity contribution in [3.05, 3.63) is 41.5 Å². The number of likely N-dealkylation sites (N-methyl/N-ethyl adjacent to an activating group) is 1. The summed E-state index contributed by atoms with van der Waals surface area (Å²) in [6, 6.07) is 6.64. The van der Waals surface area contributed by atoms with Crippen molar-refractivity contribution in [2.75, 3.05) is 20.9 Å². The zero-order chi connectivity index (χ0) is 29.7. The molecule has 0 spiro atoms. The first-order valence-electron chi connectivity index (χ1n) is 13.1. The van der Waals surface area contributed by atoms with E-state index in [1.54, 1.807) is 31.2 Å². The van der Waals surface area contributed by atoms with Crippen molar-refractivity contribution in [1.29, 1.82) is 0 Å². The molecule has 1 heterocycles. The van der Waals surface area contributed by atoms with Crippen molar-refractivity contribution in [3.8, 4) is 28.4 Å². The van der Waals surface area contributed by atoms with E-state index in [2.05, 4.69) is 0 Å². The Balaban J connectivity index is 1.55. The van der Waals surface area contributed by atoms with Crippen LogP contribution in [0.4, 0.5) is 0 Å². The Bertz CT molecular complexity index is 1570. The molecule has 0 aromatic heterocycles. The van der Waals surface area contributed by atoms with Gasteiger partial charge in [-0.3, -0.25) is 28.9 Å². The monoisotopic (exact) mass is 564 g/mol. The second-order valence-corrected chi connectivity index (χ2v) is 11.4. The van der Waals surface area contributed by atoms with E-state index in [1.165, 1.54) is 25.1 Å². The minimum absolute atomic E-state index is 0.0464. The Hall–Kier alpha value is -4.13. The molecule has 3 aliphatic carbocycles. The highest BCUT2D eigenvalue weighted by Crippen LogP contribution is 2.56. The van der Waals surface area contributed by atoms with Crippen LogP contribution in [0.1, 0.15) is 28.8 Å². The van der Waals surface area contributed by atoms with Gasteiger partial charge in [0, 0.05) is 5.92 Å². The fourth-order valence-corrected chi connectivity index (χ4v) is 7.38. The molecular formula is C29H28N2O10. The molecule has 1 amide bonds. The molecule has 6 rings (SSSR count). The van der Waals surface area contributed by atoms with Gasteiger partial charge in [0.2, 0.25) is 12.7 Å². The second-order valence-electron chi connectivity index (χ2n) is 11.4. The van der Waals surface area contributed by atoms with Crippen LogP contribution >= 0.6 is 0 Å². The van der Waals surface area contributed by atoms with Gasteiger partial charge < -0.3 is 30.5 Å². The number of ether oxygens (including phenoxy) is 2. The maximum Gasteiger partial charge on any atom is 0.235 e. The number of carbonyl (C=O) groups excluding carboxylic acids is 5. The number of carbonyl (C=O) groups is 5. The number of hydrogen-bond donors (Lipinski definition) is 4. The number of aliphatic hydroxyl groups is 2. The van der Waals surface area contributed by atoms with Crippen molar-refractivity contribution in [1.82, 2.24) is 4.90 Å². The highest BCUT2D eigenvalue weighted by molar-refractivity contribution is 6.32. The van der Waals surface area contributed by atoms with Crippen LogP contribution in [0.5, 0.6) is 17.2 Å². The number of aromatic hydroxyl groups is 1. The van der Waals surface area contributed by atoms with Gasteiger partial charge in [-0.2, -0.15) is 0 Å². The van der Waals surface area contributed by atoms with Gasteiger partial charge in [-0.25, -0.2) is 0 Å². The maximum atomic E-state index is 14.1. The summed E-state index contributed by atoms with van der Waals surface area (Å²) in [5.41, 5.74) is 3.64. The lowest BCUT2D eigenvalue weighted by molar-refractivity contribution is -0.196. The van der Waals surface area contributed by atoms with Crippen LogP contribution in [-0.2, 0) is 19.2 Å². The number of fused-ring (bicyclic) bond motifs is 4. The molecule has 12 nitrogen and oxygen atoms in total. The molecule has 8 atom stereocenters. The van der Waals surface area contributed by atoms with E-state index in [-0.39, 0.29) is 12.4 Å².